The molecule has 1 heterocycles. The zero-order valence-corrected chi connectivity index (χ0v) is 8.80. The van der Waals surface area contributed by atoms with Crippen LogP contribution in [0.25, 0.3) is 5.14 Å². The van der Waals surface area contributed by atoms with Crippen molar-refractivity contribution in [2.45, 2.75) is 5.03 Å². The number of hydrogen-bond donors (Lipinski definition) is 0. The van der Waals surface area contributed by atoms with Gasteiger partial charge in [0.2, 0.25) is 0 Å². The number of aromatic nitrogens is 1. The van der Waals surface area contributed by atoms with Gasteiger partial charge in [-0.15, -0.1) is 0 Å². The van der Waals surface area contributed by atoms with E-state index in [1.165, 1.54) is 18.3 Å². The monoisotopic (exact) mass is 180 g/mol. The molecule has 0 fully saturated rings. The molecule has 0 atom stereocenters. The van der Waals surface area contributed by atoms with Crippen LogP contribution >= 0.6 is 0 Å². The van der Waals surface area contributed by atoms with Gasteiger partial charge in [-0.3, -0.25) is 0 Å². The minimum Gasteiger partial charge on any atom is -0.558 e. The van der Waals surface area contributed by atoms with Crippen molar-refractivity contribution in [3.63, 3.8) is 0 Å². The topological polar surface area (TPSA) is 70.8 Å². The van der Waals surface area contributed by atoms with Crippen LogP contribution in [0.15, 0.2) is 29.4 Å². The normalized spacial score (nSPS) is 10.3. The average molecular weight is 180 g/mol. The van der Waals surface area contributed by atoms with Gasteiger partial charge in [-0.1, -0.05) is 6.07 Å². The molecule has 0 bridgehead atoms. The molecule has 54 valence electrons. The Morgan fingerprint density at radius 3 is 2.27 bits per heavy atom. The predicted molar refractivity (Wildman–Crippen MR) is 35.7 cm³/mol. The van der Waals surface area contributed by atoms with Crippen molar-refractivity contribution >= 4 is 10.0 Å². The molecule has 0 aliphatic carbocycles. The maximum Gasteiger partial charge on any atom is 1.00 e. The summed E-state index contributed by atoms with van der Waals surface area (Å²) >= 11 is 0. The molecular formula is C5H5N2NaO2S. The summed E-state index contributed by atoms with van der Waals surface area (Å²) in [6.07, 6.45) is 1.33. The molecular weight excluding hydrogens is 175 g/mol. The molecule has 0 aromatic carbocycles. The van der Waals surface area contributed by atoms with Gasteiger partial charge >= 0.3 is 29.6 Å². The fraction of sp³-hybridized carbons (Fsp3) is 0. The maximum atomic E-state index is 10.4. The number of pyridine rings is 1. The number of rotatable bonds is 1. The Kier molecular flexibility index (Phi) is 4.20. The third kappa shape index (κ3) is 3.31. The second-order valence-electron chi connectivity index (χ2n) is 1.67. The zero-order valence-electron chi connectivity index (χ0n) is 5.98. The van der Waals surface area contributed by atoms with E-state index in [4.69, 9.17) is 5.14 Å². The minimum absolute atomic E-state index is 0. The number of nitrogens with one attached hydrogen (secondary N) is 1. The summed E-state index contributed by atoms with van der Waals surface area (Å²) in [5.41, 5.74) is 0. The van der Waals surface area contributed by atoms with Gasteiger partial charge in [-0.05, 0) is 12.1 Å². The standard InChI is InChI=1S/C5H5N2O2S.Na/c6-10(8,9)5-3-1-2-4-7-5;/h1-4H,(H-,6,8,9);/q-1;+1. The Balaban J connectivity index is 0.000001000. The van der Waals surface area contributed by atoms with E-state index in [1.54, 1.807) is 6.07 Å². The fourth-order valence-corrected chi connectivity index (χ4v) is 0.963. The van der Waals surface area contributed by atoms with Gasteiger partial charge in [0.25, 0.3) is 0 Å². The molecule has 0 aliphatic rings. The smallest absolute Gasteiger partial charge is 0.558 e. The van der Waals surface area contributed by atoms with Crippen LogP contribution in [0.3, 0.4) is 0 Å². The zero-order chi connectivity index (χ0) is 7.61. The molecule has 0 saturated heterocycles. The summed E-state index contributed by atoms with van der Waals surface area (Å²) < 4.78 is 20.9. The van der Waals surface area contributed by atoms with Gasteiger partial charge in [0.05, 0.1) is 0 Å². The molecule has 0 radical (unpaired) electrons. The van der Waals surface area contributed by atoms with Crippen molar-refractivity contribution in [1.82, 2.24) is 4.98 Å². The van der Waals surface area contributed by atoms with Gasteiger partial charge in [0, 0.05) is 6.20 Å². The van der Waals surface area contributed by atoms with Gasteiger partial charge in [-0.2, -0.15) is 0 Å². The molecule has 11 heavy (non-hydrogen) atoms. The Morgan fingerprint density at radius 2 is 2.00 bits per heavy atom. The van der Waals surface area contributed by atoms with Crippen LogP contribution in [0, 0.1) is 0 Å². The van der Waals surface area contributed by atoms with Crippen LogP contribution in [0.5, 0.6) is 0 Å². The number of nitrogens with zero attached hydrogens (tertiary/aromatic N) is 1. The molecule has 1 aromatic rings. The van der Waals surface area contributed by atoms with Crippen LogP contribution in [0.1, 0.15) is 0 Å². The van der Waals surface area contributed by atoms with Gasteiger partial charge in [0.1, 0.15) is 15.0 Å². The first-order valence-electron chi connectivity index (χ1n) is 2.51. The predicted octanol–water partition coefficient (Wildman–Crippen LogP) is -2.17. The van der Waals surface area contributed by atoms with E-state index in [0.717, 1.165) is 0 Å². The van der Waals surface area contributed by atoms with Gasteiger partial charge in [-0.25, -0.2) is 13.4 Å². The second-order valence-corrected chi connectivity index (χ2v) is 3.10. The molecule has 0 spiro atoms. The van der Waals surface area contributed by atoms with Gasteiger partial charge in [0.15, 0.2) is 0 Å². The number of sulfonamides is 1. The van der Waals surface area contributed by atoms with Gasteiger partial charge < -0.3 is 5.14 Å². The maximum absolute atomic E-state index is 10.4. The van der Waals surface area contributed by atoms with E-state index in [2.05, 4.69) is 4.98 Å². The quantitative estimate of drug-likeness (QED) is 0.461. The SMILES string of the molecule is [NH-]S(=O)(=O)c1ccccn1.[Na+]. The van der Waals surface area contributed by atoms with Crippen molar-refractivity contribution < 1.29 is 38.0 Å². The van der Waals surface area contributed by atoms with E-state index in [1.807, 2.05) is 0 Å². The summed E-state index contributed by atoms with van der Waals surface area (Å²) in [5, 5.41) is 6.37. The molecule has 1 rings (SSSR count). The summed E-state index contributed by atoms with van der Waals surface area (Å²) in [6, 6.07) is 4.39. The molecule has 0 unspecified atom stereocenters. The molecule has 1 aromatic heterocycles. The Labute approximate surface area is 87.2 Å². The van der Waals surface area contributed by atoms with E-state index >= 15 is 0 Å². The molecule has 1 N–H and O–H groups in total. The summed E-state index contributed by atoms with van der Waals surface area (Å²) in [4.78, 5) is 3.47. The fourth-order valence-electron chi connectivity index (χ4n) is 0.506. The Bertz CT molecular complexity index is 311. The Hall–Kier alpha value is 0.0600. The van der Waals surface area contributed by atoms with Crippen LogP contribution in [0.4, 0.5) is 0 Å². The summed E-state index contributed by atoms with van der Waals surface area (Å²) in [7, 11) is -3.86. The molecule has 4 nitrogen and oxygen atoms in total. The largest absolute Gasteiger partial charge is 1.00 e. The first-order chi connectivity index (χ1) is 4.61. The van der Waals surface area contributed by atoms with Crippen molar-refractivity contribution in [3.8, 4) is 0 Å². The third-order valence-electron chi connectivity index (χ3n) is 0.913. The van der Waals surface area contributed by atoms with Crippen molar-refractivity contribution in [1.29, 1.82) is 0 Å². The van der Waals surface area contributed by atoms with E-state index in [9.17, 15) is 8.42 Å². The van der Waals surface area contributed by atoms with Crippen LogP contribution < -0.4 is 29.6 Å². The Morgan fingerprint density at radius 1 is 1.36 bits per heavy atom. The van der Waals surface area contributed by atoms with Crippen molar-refractivity contribution in [2.24, 2.45) is 0 Å². The van der Waals surface area contributed by atoms with Crippen LogP contribution in [0.2, 0.25) is 0 Å². The van der Waals surface area contributed by atoms with Crippen molar-refractivity contribution in [2.75, 3.05) is 0 Å². The van der Waals surface area contributed by atoms with Crippen LogP contribution in [-0.2, 0) is 10.0 Å². The molecule has 0 aliphatic heterocycles. The third-order valence-corrected chi connectivity index (χ3v) is 1.71. The van der Waals surface area contributed by atoms with Crippen molar-refractivity contribution in [3.05, 3.63) is 29.5 Å². The van der Waals surface area contributed by atoms with Crippen LogP contribution in [-0.4, -0.2) is 13.4 Å². The first-order valence-corrected chi connectivity index (χ1v) is 4.00. The van der Waals surface area contributed by atoms with E-state index < -0.39 is 10.0 Å². The second kappa shape index (κ2) is 4.18. The van der Waals surface area contributed by atoms with E-state index in [0.29, 0.717) is 0 Å². The minimum atomic E-state index is -3.86. The summed E-state index contributed by atoms with van der Waals surface area (Å²) in [5.74, 6) is 0. The summed E-state index contributed by atoms with van der Waals surface area (Å²) in [6.45, 7) is 0. The first kappa shape index (κ1) is 11.1. The molecule has 6 heteroatoms. The molecule has 0 amide bonds. The average Bonchev–Trinajstić information content (AvgIpc) is 1.88. The van der Waals surface area contributed by atoms with E-state index in [-0.39, 0.29) is 34.6 Å². The number of hydrogen-bond acceptors (Lipinski definition) is 3. The molecule has 0 saturated carbocycles.